The number of fused-ring (bicyclic) bond motifs is 1. The smallest absolute Gasteiger partial charge is 0.228 e. The summed E-state index contributed by atoms with van der Waals surface area (Å²) in [6.45, 7) is 8.56. The molecule has 2 atom stereocenters. The highest BCUT2D eigenvalue weighted by molar-refractivity contribution is 5.85. The highest BCUT2D eigenvalue weighted by Gasteiger charge is 2.42. The fourth-order valence-corrected chi connectivity index (χ4v) is 6.27. The summed E-state index contributed by atoms with van der Waals surface area (Å²) in [5, 5.41) is 0. The van der Waals surface area contributed by atoms with Gasteiger partial charge >= 0.3 is 0 Å². The number of rotatable bonds is 9. The van der Waals surface area contributed by atoms with E-state index in [0.29, 0.717) is 19.0 Å². The van der Waals surface area contributed by atoms with Crippen molar-refractivity contribution in [1.82, 2.24) is 14.8 Å². The Balaban J connectivity index is 1.13. The van der Waals surface area contributed by atoms with Crippen molar-refractivity contribution in [1.29, 1.82) is 0 Å². The van der Waals surface area contributed by atoms with Gasteiger partial charge in [-0.1, -0.05) is 24.3 Å². The molecule has 1 aromatic carbocycles. The molecule has 2 aliphatic heterocycles. The van der Waals surface area contributed by atoms with Gasteiger partial charge < -0.3 is 9.64 Å². The standard InChI is InChI=1S/C31H41N3O3/c1-21(2)37-29-11-7-5-9-27(29)30(22(3)35)34-19-25(20-34)31(36)33-17-16-23(18-33)12-14-26-15-13-24-8-4-6-10-28(24)32-26/h5,7,9,11,13,15,21,23,25,30H,4,6,8,10,12,14,16-20H2,1-3H3/t23-,30?/m1/s1. The molecule has 1 aliphatic carbocycles. The van der Waals surface area contributed by atoms with E-state index in [1.54, 1.807) is 6.92 Å². The number of ketones is 1. The van der Waals surface area contributed by atoms with Crippen molar-refractivity contribution in [2.24, 2.45) is 11.8 Å². The van der Waals surface area contributed by atoms with Crippen molar-refractivity contribution in [3.63, 3.8) is 0 Å². The molecule has 198 valence electrons. The molecule has 1 unspecified atom stereocenters. The number of hydrogen-bond donors (Lipinski definition) is 0. The van der Waals surface area contributed by atoms with E-state index >= 15 is 0 Å². The van der Waals surface area contributed by atoms with Crippen molar-refractivity contribution in [3.05, 3.63) is 58.9 Å². The van der Waals surface area contributed by atoms with Crippen molar-refractivity contribution in [3.8, 4) is 5.75 Å². The van der Waals surface area contributed by atoms with Crippen LogP contribution in [0.4, 0.5) is 0 Å². The Morgan fingerprint density at radius 3 is 2.62 bits per heavy atom. The normalized spacial score (nSPS) is 21.0. The predicted molar refractivity (Wildman–Crippen MR) is 145 cm³/mol. The second kappa shape index (κ2) is 11.3. The molecule has 5 rings (SSSR count). The summed E-state index contributed by atoms with van der Waals surface area (Å²) < 4.78 is 5.99. The number of aromatic nitrogens is 1. The Bertz CT molecular complexity index is 1120. The van der Waals surface area contributed by atoms with Crippen LogP contribution in [-0.2, 0) is 28.9 Å². The molecule has 6 heteroatoms. The SMILES string of the molecule is CC(=O)C(c1ccccc1OC(C)C)N1CC(C(=O)N2CC[C@@H](CCc3ccc4c(n3)CCCC4)C2)C1. The van der Waals surface area contributed by atoms with Crippen LogP contribution < -0.4 is 4.74 Å². The van der Waals surface area contributed by atoms with E-state index in [4.69, 9.17) is 9.72 Å². The summed E-state index contributed by atoms with van der Waals surface area (Å²) in [5.74, 6) is 1.61. The molecule has 1 amide bonds. The summed E-state index contributed by atoms with van der Waals surface area (Å²) in [4.78, 5) is 35.1. The first-order chi connectivity index (χ1) is 17.9. The van der Waals surface area contributed by atoms with Gasteiger partial charge in [-0.15, -0.1) is 0 Å². The summed E-state index contributed by atoms with van der Waals surface area (Å²) in [6, 6.07) is 11.9. The van der Waals surface area contributed by atoms with Crippen molar-refractivity contribution in [2.75, 3.05) is 26.2 Å². The Morgan fingerprint density at radius 1 is 1.05 bits per heavy atom. The van der Waals surface area contributed by atoms with E-state index in [2.05, 4.69) is 21.9 Å². The monoisotopic (exact) mass is 503 g/mol. The number of pyridine rings is 1. The van der Waals surface area contributed by atoms with E-state index in [1.165, 1.54) is 36.2 Å². The predicted octanol–water partition coefficient (Wildman–Crippen LogP) is 4.79. The van der Waals surface area contributed by atoms with Crippen LogP contribution in [0.1, 0.15) is 75.0 Å². The average molecular weight is 504 g/mol. The highest BCUT2D eigenvalue weighted by Crippen LogP contribution is 2.36. The molecular weight excluding hydrogens is 462 g/mol. The first-order valence-corrected chi connectivity index (χ1v) is 14.2. The summed E-state index contributed by atoms with van der Waals surface area (Å²) >= 11 is 0. The fraction of sp³-hybridized carbons (Fsp3) is 0.581. The number of carbonyl (C=O) groups is 2. The van der Waals surface area contributed by atoms with E-state index in [9.17, 15) is 9.59 Å². The maximum absolute atomic E-state index is 13.3. The molecule has 1 aromatic heterocycles. The maximum atomic E-state index is 13.3. The van der Waals surface area contributed by atoms with Gasteiger partial charge in [0.05, 0.1) is 18.1 Å². The van der Waals surface area contributed by atoms with Crippen LogP contribution in [0.3, 0.4) is 0 Å². The number of nitrogens with zero attached hydrogens (tertiary/aromatic N) is 3. The third-order valence-electron chi connectivity index (χ3n) is 8.23. The molecule has 0 saturated carbocycles. The molecule has 0 radical (unpaired) electrons. The lowest BCUT2D eigenvalue weighted by Gasteiger charge is -2.44. The molecule has 2 saturated heterocycles. The molecule has 0 spiro atoms. The number of para-hydroxylation sites is 1. The molecule has 0 bridgehead atoms. The van der Waals surface area contributed by atoms with E-state index in [1.807, 2.05) is 38.1 Å². The van der Waals surface area contributed by atoms with Gasteiger partial charge in [-0.25, -0.2) is 0 Å². The molecule has 6 nitrogen and oxygen atoms in total. The maximum Gasteiger partial charge on any atom is 0.228 e. The van der Waals surface area contributed by atoms with Crippen molar-refractivity contribution >= 4 is 11.7 Å². The second-order valence-electron chi connectivity index (χ2n) is 11.5. The number of carbonyl (C=O) groups excluding carboxylic acids is 2. The summed E-state index contributed by atoms with van der Waals surface area (Å²) in [7, 11) is 0. The average Bonchev–Trinajstić information content (AvgIpc) is 3.33. The number of aryl methyl sites for hydroxylation is 3. The number of amides is 1. The largest absolute Gasteiger partial charge is 0.491 e. The zero-order valence-corrected chi connectivity index (χ0v) is 22.6. The first-order valence-electron chi connectivity index (χ1n) is 14.2. The lowest BCUT2D eigenvalue weighted by atomic mass is 9.91. The Hall–Kier alpha value is -2.73. The number of likely N-dealkylation sites (tertiary alicyclic amines) is 2. The number of ether oxygens (including phenoxy) is 1. The highest BCUT2D eigenvalue weighted by atomic mass is 16.5. The topological polar surface area (TPSA) is 62.7 Å². The molecular formula is C31H41N3O3. The first kappa shape index (κ1) is 25.9. The minimum atomic E-state index is -0.366. The fourth-order valence-electron chi connectivity index (χ4n) is 6.27. The molecule has 2 aromatic rings. The van der Waals surface area contributed by atoms with Crippen LogP contribution >= 0.6 is 0 Å². The summed E-state index contributed by atoms with van der Waals surface area (Å²) in [5.41, 5.74) is 4.84. The Morgan fingerprint density at radius 2 is 1.84 bits per heavy atom. The van der Waals surface area contributed by atoms with Gasteiger partial charge in [-0.05, 0) is 89.3 Å². The Kier molecular flexibility index (Phi) is 7.94. The quantitative estimate of drug-likeness (QED) is 0.492. The third kappa shape index (κ3) is 5.90. The van der Waals surface area contributed by atoms with Crippen LogP contribution in [0.25, 0.3) is 0 Å². The summed E-state index contributed by atoms with van der Waals surface area (Å²) in [6.07, 6.45) is 8.02. The van der Waals surface area contributed by atoms with Crippen LogP contribution in [0.5, 0.6) is 5.75 Å². The van der Waals surface area contributed by atoms with E-state index < -0.39 is 0 Å². The zero-order valence-electron chi connectivity index (χ0n) is 22.6. The van der Waals surface area contributed by atoms with Crippen LogP contribution in [0.2, 0.25) is 0 Å². The van der Waals surface area contributed by atoms with Gasteiger partial charge in [-0.2, -0.15) is 0 Å². The van der Waals surface area contributed by atoms with Gasteiger partial charge in [0.15, 0.2) is 5.78 Å². The lowest BCUT2D eigenvalue weighted by Crippen LogP contribution is -2.56. The van der Waals surface area contributed by atoms with Crippen molar-refractivity contribution in [2.45, 2.75) is 77.9 Å². The number of Topliss-reactive ketones (excluding diaryl/α,β-unsaturated/α-hetero) is 1. The van der Waals surface area contributed by atoms with Crippen LogP contribution in [0.15, 0.2) is 36.4 Å². The van der Waals surface area contributed by atoms with Gasteiger partial charge in [0, 0.05) is 43.1 Å². The van der Waals surface area contributed by atoms with Gasteiger partial charge in [0.1, 0.15) is 5.75 Å². The van der Waals surface area contributed by atoms with Crippen molar-refractivity contribution < 1.29 is 14.3 Å². The van der Waals surface area contributed by atoms with Gasteiger partial charge in [0.25, 0.3) is 0 Å². The third-order valence-corrected chi connectivity index (χ3v) is 8.23. The van der Waals surface area contributed by atoms with Crippen LogP contribution in [0, 0.1) is 11.8 Å². The molecule has 2 fully saturated rings. The van der Waals surface area contributed by atoms with Crippen LogP contribution in [-0.4, -0.2) is 58.8 Å². The van der Waals surface area contributed by atoms with E-state index in [-0.39, 0.29) is 29.8 Å². The second-order valence-corrected chi connectivity index (χ2v) is 11.5. The number of benzene rings is 1. The molecule has 0 N–H and O–H groups in total. The number of hydrogen-bond acceptors (Lipinski definition) is 5. The molecule has 3 heterocycles. The lowest BCUT2D eigenvalue weighted by molar-refractivity contribution is -0.144. The molecule has 37 heavy (non-hydrogen) atoms. The molecule has 3 aliphatic rings. The van der Waals surface area contributed by atoms with Gasteiger partial charge in [-0.3, -0.25) is 19.5 Å². The van der Waals surface area contributed by atoms with E-state index in [0.717, 1.165) is 50.1 Å². The van der Waals surface area contributed by atoms with Gasteiger partial charge in [0.2, 0.25) is 5.91 Å². The zero-order chi connectivity index (χ0) is 25.9. The minimum absolute atomic E-state index is 0.0268. The minimum Gasteiger partial charge on any atom is -0.491 e. The Labute approximate surface area is 221 Å².